The Hall–Kier alpha value is -0.480. The molecule has 0 amide bonds. The first-order valence-electron chi connectivity index (χ1n) is 4.51. The van der Waals surface area contributed by atoms with Crippen LogP contribution in [-0.4, -0.2) is 28.6 Å². The Kier molecular flexibility index (Phi) is 4.32. The van der Waals surface area contributed by atoms with Crippen molar-refractivity contribution in [2.75, 3.05) is 12.8 Å². The second-order valence-electron chi connectivity index (χ2n) is 3.18. The van der Waals surface area contributed by atoms with Crippen molar-refractivity contribution in [3.8, 4) is 0 Å². The molecule has 74 valence electrons. The summed E-state index contributed by atoms with van der Waals surface area (Å²) in [6.45, 7) is 2.20. The Morgan fingerprint density at radius 3 is 3.00 bits per heavy atom. The number of nitrogens with zero attached hydrogens (tertiary/aromatic N) is 2. The van der Waals surface area contributed by atoms with Crippen molar-refractivity contribution in [3.63, 3.8) is 0 Å². The molecule has 0 aromatic carbocycles. The topological polar surface area (TPSA) is 29.9 Å². The van der Waals surface area contributed by atoms with E-state index in [1.807, 2.05) is 36.7 Å². The fraction of sp³-hybridized carbons (Fsp3) is 0.667. The van der Waals surface area contributed by atoms with Gasteiger partial charge in [0.2, 0.25) is 0 Å². The first kappa shape index (κ1) is 10.6. The predicted molar refractivity (Wildman–Crippen MR) is 57.1 cm³/mol. The molecule has 1 aromatic rings. The minimum absolute atomic E-state index is 0.601. The van der Waals surface area contributed by atoms with Gasteiger partial charge in [-0.3, -0.25) is 4.68 Å². The number of aryl methyl sites for hydroxylation is 1. The molecule has 1 heterocycles. The van der Waals surface area contributed by atoms with Gasteiger partial charge in [0.1, 0.15) is 0 Å². The summed E-state index contributed by atoms with van der Waals surface area (Å²) in [4.78, 5) is 1.26. The maximum absolute atomic E-state index is 4.11. The van der Waals surface area contributed by atoms with Gasteiger partial charge in [0.05, 0.1) is 6.20 Å². The molecule has 0 radical (unpaired) electrons. The molecule has 13 heavy (non-hydrogen) atoms. The van der Waals surface area contributed by atoms with Crippen molar-refractivity contribution in [2.45, 2.75) is 24.3 Å². The largest absolute Gasteiger partial charge is 0.317 e. The molecule has 1 unspecified atom stereocenters. The van der Waals surface area contributed by atoms with Gasteiger partial charge in [-0.2, -0.15) is 5.10 Å². The standard InChI is InChI=1S/C9H17N3S/c1-8(10-2)4-5-13-9-6-11-12(3)7-9/h6-8,10H,4-5H2,1-3H3. The van der Waals surface area contributed by atoms with Crippen molar-refractivity contribution in [2.24, 2.45) is 7.05 Å². The number of rotatable bonds is 5. The van der Waals surface area contributed by atoms with Crippen LogP contribution in [0.1, 0.15) is 13.3 Å². The number of thioether (sulfide) groups is 1. The molecule has 1 N–H and O–H groups in total. The van der Waals surface area contributed by atoms with E-state index in [-0.39, 0.29) is 0 Å². The fourth-order valence-corrected chi connectivity index (χ4v) is 2.03. The zero-order chi connectivity index (χ0) is 9.68. The highest BCUT2D eigenvalue weighted by Crippen LogP contribution is 2.17. The van der Waals surface area contributed by atoms with Crippen LogP contribution in [0.5, 0.6) is 0 Å². The molecule has 0 fully saturated rings. The lowest BCUT2D eigenvalue weighted by molar-refractivity contribution is 0.598. The second kappa shape index (κ2) is 5.29. The molecule has 1 atom stereocenters. The third kappa shape index (κ3) is 3.83. The summed E-state index contributed by atoms with van der Waals surface area (Å²) in [6, 6.07) is 0.601. The summed E-state index contributed by atoms with van der Waals surface area (Å²) in [6.07, 6.45) is 5.15. The molecule has 0 spiro atoms. The van der Waals surface area contributed by atoms with E-state index in [1.165, 1.54) is 11.3 Å². The van der Waals surface area contributed by atoms with Gasteiger partial charge in [0.25, 0.3) is 0 Å². The molecule has 0 saturated carbocycles. The van der Waals surface area contributed by atoms with Crippen molar-refractivity contribution in [1.29, 1.82) is 0 Å². The van der Waals surface area contributed by atoms with Gasteiger partial charge in [0.15, 0.2) is 0 Å². The van der Waals surface area contributed by atoms with Crippen LogP contribution in [0, 0.1) is 0 Å². The van der Waals surface area contributed by atoms with Crippen LogP contribution >= 0.6 is 11.8 Å². The summed E-state index contributed by atoms with van der Waals surface area (Å²) in [5.41, 5.74) is 0. The van der Waals surface area contributed by atoms with Gasteiger partial charge in [-0.1, -0.05) is 0 Å². The highest BCUT2D eigenvalue weighted by Gasteiger charge is 2.00. The van der Waals surface area contributed by atoms with E-state index in [0.717, 1.165) is 5.75 Å². The van der Waals surface area contributed by atoms with Crippen molar-refractivity contribution in [1.82, 2.24) is 15.1 Å². The summed E-state index contributed by atoms with van der Waals surface area (Å²) in [5, 5.41) is 7.34. The summed E-state index contributed by atoms with van der Waals surface area (Å²) in [5.74, 6) is 1.15. The Morgan fingerprint density at radius 1 is 1.69 bits per heavy atom. The lowest BCUT2D eigenvalue weighted by atomic mass is 10.3. The van der Waals surface area contributed by atoms with Gasteiger partial charge in [0, 0.05) is 24.2 Å². The van der Waals surface area contributed by atoms with Gasteiger partial charge in [-0.15, -0.1) is 11.8 Å². The molecule has 0 bridgehead atoms. The Labute approximate surface area is 83.9 Å². The number of nitrogens with one attached hydrogen (secondary N) is 1. The van der Waals surface area contributed by atoms with Crippen LogP contribution in [0.3, 0.4) is 0 Å². The van der Waals surface area contributed by atoms with Gasteiger partial charge in [-0.25, -0.2) is 0 Å². The molecule has 0 aliphatic carbocycles. The predicted octanol–water partition coefficient (Wildman–Crippen LogP) is 1.51. The molecule has 0 aliphatic rings. The quantitative estimate of drug-likeness (QED) is 0.729. The molecule has 1 rings (SSSR count). The highest BCUT2D eigenvalue weighted by molar-refractivity contribution is 7.99. The average Bonchev–Trinajstić information content (AvgIpc) is 2.51. The SMILES string of the molecule is CNC(C)CCSc1cnn(C)c1. The molecule has 4 heteroatoms. The van der Waals surface area contributed by atoms with E-state index in [1.54, 1.807) is 0 Å². The van der Waals surface area contributed by atoms with E-state index in [4.69, 9.17) is 0 Å². The van der Waals surface area contributed by atoms with Crippen molar-refractivity contribution in [3.05, 3.63) is 12.4 Å². The van der Waals surface area contributed by atoms with Crippen LogP contribution in [-0.2, 0) is 7.05 Å². The summed E-state index contributed by atoms with van der Waals surface area (Å²) < 4.78 is 1.84. The zero-order valence-corrected chi connectivity index (χ0v) is 9.27. The molecule has 0 saturated heterocycles. The van der Waals surface area contributed by atoms with Crippen LogP contribution in [0.25, 0.3) is 0 Å². The van der Waals surface area contributed by atoms with E-state index in [9.17, 15) is 0 Å². The van der Waals surface area contributed by atoms with Gasteiger partial charge >= 0.3 is 0 Å². The van der Waals surface area contributed by atoms with Crippen LogP contribution < -0.4 is 5.32 Å². The van der Waals surface area contributed by atoms with E-state index < -0.39 is 0 Å². The van der Waals surface area contributed by atoms with E-state index in [0.29, 0.717) is 6.04 Å². The van der Waals surface area contributed by atoms with E-state index in [2.05, 4.69) is 23.5 Å². The smallest absolute Gasteiger partial charge is 0.0625 e. The maximum atomic E-state index is 4.11. The van der Waals surface area contributed by atoms with Crippen LogP contribution in [0.4, 0.5) is 0 Å². The minimum atomic E-state index is 0.601. The summed E-state index contributed by atoms with van der Waals surface area (Å²) >= 11 is 1.86. The average molecular weight is 199 g/mol. The van der Waals surface area contributed by atoms with E-state index >= 15 is 0 Å². The third-order valence-corrected chi connectivity index (χ3v) is 2.98. The second-order valence-corrected chi connectivity index (χ2v) is 4.34. The molecule has 3 nitrogen and oxygen atoms in total. The summed E-state index contributed by atoms with van der Waals surface area (Å²) in [7, 11) is 3.94. The zero-order valence-electron chi connectivity index (χ0n) is 8.45. The monoisotopic (exact) mass is 199 g/mol. The molecule has 0 aliphatic heterocycles. The van der Waals surface area contributed by atoms with Gasteiger partial charge in [-0.05, 0) is 26.1 Å². The lowest BCUT2D eigenvalue weighted by Crippen LogP contribution is -2.21. The first-order chi connectivity index (χ1) is 6.22. The maximum Gasteiger partial charge on any atom is 0.0625 e. The molecule has 1 aromatic heterocycles. The Morgan fingerprint density at radius 2 is 2.46 bits per heavy atom. The Bertz CT molecular complexity index is 247. The van der Waals surface area contributed by atoms with Crippen molar-refractivity contribution >= 4 is 11.8 Å². The third-order valence-electron chi connectivity index (χ3n) is 1.99. The van der Waals surface area contributed by atoms with Crippen LogP contribution in [0.2, 0.25) is 0 Å². The normalized spacial score (nSPS) is 13.2. The fourth-order valence-electron chi connectivity index (χ4n) is 0.971. The first-order valence-corrected chi connectivity index (χ1v) is 5.49. The van der Waals surface area contributed by atoms with Gasteiger partial charge < -0.3 is 5.32 Å². The highest BCUT2D eigenvalue weighted by atomic mass is 32.2. The van der Waals surface area contributed by atoms with Crippen molar-refractivity contribution < 1.29 is 0 Å². The lowest BCUT2D eigenvalue weighted by Gasteiger charge is -2.07. The number of hydrogen-bond donors (Lipinski definition) is 1. The van der Waals surface area contributed by atoms with Crippen LogP contribution in [0.15, 0.2) is 17.3 Å². The Balaban J connectivity index is 2.20. The molecular weight excluding hydrogens is 182 g/mol. The number of hydrogen-bond acceptors (Lipinski definition) is 3. The minimum Gasteiger partial charge on any atom is -0.317 e. The molecular formula is C9H17N3S. The number of aromatic nitrogens is 2.